The zero-order valence-electron chi connectivity index (χ0n) is 12.0. The molecule has 11 heteroatoms. The Morgan fingerprint density at radius 2 is 1.17 bits per heavy atom. The van der Waals surface area contributed by atoms with Gasteiger partial charge < -0.3 is 55.1 Å². The second-order valence-electron chi connectivity index (χ2n) is 5.53. The number of hydrogen-bond acceptors (Lipinski definition) is 11. The van der Waals surface area contributed by atoms with Gasteiger partial charge in [0, 0.05) is 0 Å². The first-order valence-electron chi connectivity index (χ1n) is 7.08. The summed E-state index contributed by atoms with van der Waals surface area (Å²) in [5, 5.41) is 76.7. The average molecular weight is 342 g/mol. The first kappa shape index (κ1) is 18.9. The fourth-order valence-electron chi connectivity index (χ4n) is 2.55. The number of aliphatic hydroxyl groups is 8. The molecule has 2 saturated heterocycles. The lowest BCUT2D eigenvalue weighted by molar-refractivity contribution is -0.361. The molecule has 10 atom stereocenters. The monoisotopic (exact) mass is 342 g/mol. The van der Waals surface area contributed by atoms with Crippen LogP contribution in [0.3, 0.4) is 0 Å². The molecule has 11 nitrogen and oxygen atoms in total. The highest BCUT2D eigenvalue weighted by Gasteiger charge is 2.50. The van der Waals surface area contributed by atoms with E-state index in [0.29, 0.717) is 0 Å². The number of rotatable bonds is 4. The lowest BCUT2D eigenvalue weighted by atomic mass is 9.97. The van der Waals surface area contributed by atoms with Crippen molar-refractivity contribution in [3.63, 3.8) is 0 Å². The quantitative estimate of drug-likeness (QED) is 0.243. The number of aliphatic hydroxyl groups excluding tert-OH is 8. The van der Waals surface area contributed by atoms with Gasteiger partial charge in [-0.2, -0.15) is 0 Å². The highest BCUT2D eigenvalue weighted by atomic mass is 16.7. The van der Waals surface area contributed by atoms with Gasteiger partial charge in [0.2, 0.25) is 0 Å². The largest absolute Gasteiger partial charge is 0.394 e. The molecule has 136 valence electrons. The summed E-state index contributed by atoms with van der Waals surface area (Å²) in [6.45, 7) is -1.33. The molecule has 0 saturated carbocycles. The highest BCUT2D eigenvalue weighted by Crippen LogP contribution is 2.28. The van der Waals surface area contributed by atoms with Crippen molar-refractivity contribution in [3.05, 3.63) is 0 Å². The molecule has 2 heterocycles. The van der Waals surface area contributed by atoms with Crippen molar-refractivity contribution in [1.29, 1.82) is 0 Å². The van der Waals surface area contributed by atoms with E-state index in [1.807, 2.05) is 0 Å². The van der Waals surface area contributed by atoms with Crippen molar-refractivity contribution in [2.45, 2.75) is 61.4 Å². The Bertz CT molecular complexity index is 380. The van der Waals surface area contributed by atoms with Gasteiger partial charge in [0.1, 0.15) is 48.8 Å². The van der Waals surface area contributed by atoms with Gasteiger partial charge in [0.25, 0.3) is 0 Å². The molecule has 2 aliphatic rings. The van der Waals surface area contributed by atoms with Crippen LogP contribution in [0.4, 0.5) is 0 Å². The predicted molar refractivity (Wildman–Crippen MR) is 68.6 cm³/mol. The van der Waals surface area contributed by atoms with Crippen molar-refractivity contribution in [2.75, 3.05) is 13.2 Å². The summed E-state index contributed by atoms with van der Waals surface area (Å²) in [4.78, 5) is 0. The molecular formula is C12H22O11. The molecule has 0 spiro atoms. The van der Waals surface area contributed by atoms with Gasteiger partial charge in [0.15, 0.2) is 12.6 Å². The summed E-state index contributed by atoms with van der Waals surface area (Å²) in [6.07, 6.45) is -15.6. The third kappa shape index (κ3) is 3.65. The van der Waals surface area contributed by atoms with E-state index >= 15 is 0 Å². The van der Waals surface area contributed by atoms with Crippen molar-refractivity contribution < 1.29 is 55.1 Å². The van der Waals surface area contributed by atoms with Gasteiger partial charge in [-0.1, -0.05) is 0 Å². The Kier molecular flexibility index (Phi) is 6.27. The first-order chi connectivity index (χ1) is 10.8. The van der Waals surface area contributed by atoms with Gasteiger partial charge in [-0.25, -0.2) is 0 Å². The third-order valence-electron chi connectivity index (χ3n) is 3.98. The van der Waals surface area contributed by atoms with Gasteiger partial charge in [-0.3, -0.25) is 0 Å². The molecule has 8 N–H and O–H groups in total. The Morgan fingerprint density at radius 1 is 0.652 bits per heavy atom. The van der Waals surface area contributed by atoms with E-state index in [4.69, 9.17) is 24.4 Å². The number of ether oxygens (including phenoxy) is 3. The van der Waals surface area contributed by atoms with Crippen LogP contribution in [-0.2, 0) is 14.2 Å². The van der Waals surface area contributed by atoms with Crippen LogP contribution in [0.25, 0.3) is 0 Å². The van der Waals surface area contributed by atoms with Gasteiger partial charge in [-0.15, -0.1) is 0 Å². The topological polar surface area (TPSA) is 190 Å². The molecule has 0 bridgehead atoms. The van der Waals surface area contributed by atoms with Crippen LogP contribution in [-0.4, -0.2) is 115 Å². The molecule has 0 radical (unpaired) electrons. The summed E-state index contributed by atoms with van der Waals surface area (Å²) in [5.74, 6) is 0. The average Bonchev–Trinajstić information content (AvgIpc) is 2.54. The van der Waals surface area contributed by atoms with Gasteiger partial charge in [-0.05, 0) is 0 Å². The van der Waals surface area contributed by atoms with E-state index in [2.05, 4.69) is 0 Å². The standard InChI is InChI=1S/C12H22O11/c13-1-3-6(16)8(18)10(11(20)21-3)23-12-9(19)7(17)5(15)4(2-14)22-12/h3-20H,1-2H2/t3-,4-,5+,6+,7+,8+,9-,10-,11+,12+/m1/s1. The second-order valence-corrected chi connectivity index (χ2v) is 5.53. The van der Waals surface area contributed by atoms with Crippen molar-refractivity contribution in [1.82, 2.24) is 0 Å². The second kappa shape index (κ2) is 7.63. The molecule has 0 unspecified atom stereocenters. The summed E-state index contributed by atoms with van der Waals surface area (Å²) >= 11 is 0. The summed E-state index contributed by atoms with van der Waals surface area (Å²) in [7, 11) is 0. The zero-order chi connectivity index (χ0) is 17.3. The molecule has 0 aromatic rings. The summed E-state index contributed by atoms with van der Waals surface area (Å²) in [5.41, 5.74) is 0. The van der Waals surface area contributed by atoms with Crippen LogP contribution in [0.15, 0.2) is 0 Å². The van der Waals surface area contributed by atoms with E-state index in [9.17, 15) is 30.6 Å². The Balaban J connectivity index is 2.08. The van der Waals surface area contributed by atoms with Gasteiger partial charge in [0.05, 0.1) is 13.2 Å². The maximum Gasteiger partial charge on any atom is 0.187 e. The van der Waals surface area contributed by atoms with E-state index < -0.39 is 74.6 Å². The maximum atomic E-state index is 9.94. The van der Waals surface area contributed by atoms with Crippen LogP contribution in [0.5, 0.6) is 0 Å². The van der Waals surface area contributed by atoms with Crippen molar-refractivity contribution >= 4 is 0 Å². The molecule has 2 fully saturated rings. The van der Waals surface area contributed by atoms with Crippen molar-refractivity contribution in [2.24, 2.45) is 0 Å². The highest BCUT2D eigenvalue weighted by molar-refractivity contribution is 4.93. The molecule has 0 amide bonds. The zero-order valence-corrected chi connectivity index (χ0v) is 12.0. The lowest BCUT2D eigenvalue weighted by Crippen LogP contribution is -2.64. The fourth-order valence-corrected chi connectivity index (χ4v) is 2.55. The number of hydrogen-bond donors (Lipinski definition) is 8. The van der Waals surface area contributed by atoms with E-state index in [1.165, 1.54) is 0 Å². The maximum absolute atomic E-state index is 9.94. The van der Waals surface area contributed by atoms with Crippen LogP contribution >= 0.6 is 0 Å². The molecule has 0 aliphatic carbocycles. The van der Waals surface area contributed by atoms with Gasteiger partial charge >= 0.3 is 0 Å². The summed E-state index contributed by atoms with van der Waals surface area (Å²) in [6, 6.07) is 0. The smallest absolute Gasteiger partial charge is 0.187 e. The van der Waals surface area contributed by atoms with Crippen LogP contribution in [0, 0.1) is 0 Å². The van der Waals surface area contributed by atoms with E-state index in [-0.39, 0.29) is 0 Å². The fraction of sp³-hybridized carbons (Fsp3) is 1.00. The predicted octanol–water partition coefficient (Wildman–Crippen LogP) is -5.40. The molecular weight excluding hydrogens is 320 g/mol. The molecule has 0 aromatic heterocycles. The molecule has 2 aliphatic heterocycles. The Hall–Kier alpha value is -0.440. The Labute approximate surface area is 130 Å². The molecule has 0 aromatic carbocycles. The third-order valence-corrected chi connectivity index (χ3v) is 3.98. The lowest BCUT2D eigenvalue weighted by Gasteiger charge is -2.44. The van der Waals surface area contributed by atoms with Crippen LogP contribution < -0.4 is 0 Å². The van der Waals surface area contributed by atoms with Crippen LogP contribution in [0.2, 0.25) is 0 Å². The SMILES string of the molecule is OC[C@H]1O[C@@H](O[C@@H]2[C@@H](O)[C@@H](O)[C@@H](CO)O[C@@H]2O)[C@H](O)[C@@H](O)[C@H]1O. The first-order valence-corrected chi connectivity index (χ1v) is 7.08. The van der Waals surface area contributed by atoms with Crippen molar-refractivity contribution in [3.8, 4) is 0 Å². The molecule has 2 rings (SSSR count). The Morgan fingerprint density at radius 3 is 1.74 bits per heavy atom. The van der Waals surface area contributed by atoms with E-state index in [1.54, 1.807) is 0 Å². The molecule has 23 heavy (non-hydrogen) atoms. The van der Waals surface area contributed by atoms with Crippen LogP contribution in [0.1, 0.15) is 0 Å². The minimum Gasteiger partial charge on any atom is -0.394 e. The normalized spacial score (nSPS) is 51.7. The minimum atomic E-state index is -1.75. The van der Waals surface area contributed by atoms with E-state index in [0.717, 1.165) is 0 Å². The summed E-state index contributed by atoms with van der Waals surface area (Å²) < 4.78 is 15.1. The minimum absolute atomic E-state index is 0.651.